The predicted octanol–water partition coefficient (Wildman–Crippen LogP) is 6.55. The Balaban J connectivity index is -0.0000000135. The maximum atomic E-state index is 11.3. The summed E-state index contributed by atoms with van der Waals surface area (Å²) in [6.07, 6.45) is -4.54. The number of halogens is 13. The SMILES string of the molecule is Br.Br.C/C(F)=C(/C)F.CC(F)=C(F)F.CC=O.CCBr.CCBr.CCC.CCC=O.CCO.CCO.CCOC.FC(F)=C(F)F.[B].[B].[H-].[H-].[Na+].[Na+]. The molecule has 0 bridgehead atoms. The Morgan fingerprint density at radius 1 is 0.620 bits per heavy atom. The van der Waals surface area contributed by atoms with Crippen LogP contribution < -0.4 is 59.1 Å². The Bertz CT molecular complexity index is 482. The van der Waals surface area contributed by atoms with Crippen molar-refractivity contribution in [1.82, 2.24) is 0 Å². The van der Waals surface area contributed by atoms with Gasteiger partial charge in [0.25, 0.3) is 0 Å². The molecule has 5 nitrogen and oxygen atoms in total. The van der Waals surface area contributed by atoms with Crippen LogP contribution in [0.5, 0.6) is 0 Å². The van der Waals surface area contributed by atoms with Gasteiger partial charge in [-0.1, -0.05) is 72.9 Å². The molecule has 0 fully saturated rings. The zero-order valence-electron chi connectivity index (χ0n) is 34.4. The van der Waals surface area contributed by atoms with Crippen molar-refractivity contribution in [3.63, 3.8) is 0 Å². The molecule has 0 spiro atoms. The number of carbonyl (C=O) groups is 2. The molecule has 0 saturated carbocycles. The van der Waals surface area contributed by atoms with E-state index in [1.165, 1.54) is 13.3 Å². The van der Waals surface area contributed by atoms with Gasteiger partial charge in [-0.2, -0.15) is 26.3 Å². The zero-order valence-corrected chi connectivity index (χ0v) is 43.0. The Kier molecular flexibility index (Phi) is 313. The second kappa shape index (κ2) is 142. The fourth-order valence-electron chi connectivity index (χ4n) is 0. The number of hydrogen-bond acceptors (Lipinski definition) is 5. The quantitative estimate of drug-likeness (QED) is 0.142. The van der Waals surface area contributed by atoms with Crippen molar-refractivity contribution in [2.45, 2.75) is 95.9 Å². The van der Waals surface area contributed by atoms with Crippen LogP contribution in [0.3, 0.4) is 0 Å². The van der Waals surface area contributed by atoms with E-state index in [0.717, 1.165) is 43.7 Å². The minimum absolute atomic E-state index is 0. The monoisotopic (exact) mass is 1030 g/mol. The minimum Gasteiger partial charge on any atom is -1.00 e. The molecule has 0 aromatic rings. The third kappa shape index (κ3) is 473. The van der Waals surface area contributed by atoms with Crippen LogP contribution in [0.25, 0.3) is 0 Å². The van der Waals surface area contributed by atoms with Gasteiger partial charge >= 0.3 is 77.4 Å². The largest absolute Gasteiger partial charge is 1.00 e. The van der Waals surface area contributed by atoms with E-state index >= 15 is 0 Å². The van der Waals surface area contributed by atoms with Gasteiger partial charge in [0, 0.05) is 60.8 Å². The van der Waals surface area contributed by atoms with Gasteiger partial charge in [-0.3, -0.25) is 0 Å². The number of carbonyl (C=O) groups excluding carboxylic acids is 2. The number of methoxy groups -OCH3 is 1. The normalized spacial score (nSPS) is 6.76. The fourth-order valence-corrected chi connectivity index (χ4v) is 0. The van der Waals surface area contributed by atoms with Crippen LogP contribution in [-0.2, 0) is 14.3 Å². The van der Waals surface area contributed by atoms with Crippen molar-refractivity contribution in [3.05, 3.63) is 35.7 Å². The Labute approximate surface area is 386 Å². The number of aliphatic hydroxyl groups excluding tert-OH is 2. The van der Waals surface area contributed by atoms with E-state index in [1.54, 1.807) is 21.0 Å². The van der Waals surface area contributed by atoms with Crippen molar-refractivity contribution in [2.24, 2.45) is 0 Å². The van der Waals surface area contributed by atoms with E-state index in [9.17, 15) is 44.3 Å². The first-order valence-electron chi connectivity index (χ1n) is 12.9. The van der Waals surface area contributed by atoms with Crippen molar-refractivity contribution >= 4 is 95.2 Å². The molecule has 22 heteroatoms. The number of aldehydes is 2. The summed E-state index contributed by atoms with van der Waals surface area (Å²) < 4.78 is 101. The van der Waals surface area contributed by atoms with E-state index < -0.39 is 35.7 Å². The van der Waals surface area contributed by atoms with Crippen molar-refractivity contribution in [2.75, 3.05) is 37.6 Å². The summed E-state index contributed by atoms with van der Waals surface area (Å²) in [6, 6.07) is 0. The average molecular weight is 1040 g/mol. The van der Waals surface area contributed by atoms with E-state index in [0.29, 0.717) is 13.3 Å². The molecule has 0 aliphatic heterocycles. The van der Waals surface area contributed by atoms with Crippen LogP contribution in [0.1, 0.15) is 98.8 Å². The molecule has 0 aromatic heterocycles. The second-order valence-electron chi connectivity index (χ2n) is 5.64. The predicted molar refractivity (Wildman–Crippen MR) is 209 cm³/mol. The molecule has 50 heavy (non-hydrogen) atoms. The summed E-state index contributed by atoms with van der Waals surface area (Å²) in [5, 5.41) is 17.3. The maximum absolute atomic E-state index is 11.3. The van der Waals surface area contributed by atoms with Gasteiger partial charge in [0.05, 0.1) is 0 Å². The first-order chi connectivity index (χ1) is 20.2. The Morgan fingerprint density at radius 3 is 0.720 bits per heavy atom. The molecule has 0 atom stereocenters. The third-order valence-corrected chi connectivity index (χ3v) is 1.33. The first kappa shape index (κ1) is 110. The smallest absolute Gasteiger partial charge is 1.00 e. The molecular weight excluding hydrogens is 975 g/mol. The van der Waals surface area contributed by atoms with Gasteiger partial charge in [-0.15, -0.1) is 34.0 Å². The van der Waals surface area contributed by atoms with Gasteiger partial charge in [0.1, 0.15) is 24.2 Å². The van der Waals surface area contributed by atoms with E-state index in [-0.39, 0.29) is 126 Å². The van der Waals surface area contributed by atoms with Gasteiger partial charge in [-0.25, -0.2) is 13.2 Å². The van der Waals surface area contributed by atoms with Gasteiger partial charge in [0.15, 0.2) is 5.83 Å². The number of allylic oxidation sites excluding steroid dienone is 3. The summed E-state index contributed by atoms with van der Waals surface area (Å²) in [7, 11) is 1.68. The molecule has 0 unspecified atom stereocenters. The van der Waals surface area contributed by atoms with Crippen LogP contribution in [0, 0.1) is 0 Å². The molecule has 302 valence electrons. The van der Waals surface area contributed by atoms with Crippen molar-refractivity contribution in [1.29, 1.82) is 0 Å². The fraction of sp³-hybridized carbons (Fsp3) is 0.714. The Morgan fingerprint density at radius 2 is 0.720 bits per heavy atom. The van der Waals surface area contributed by atoms with E-state index in [4.69, 9.17) is 15.0 Å². The zero-order chi connectivity index (χ0) is 38.5. The van der Waals surface area contributed by atoms with Gasteiger partial charge in [-0.05, 0) is 48.5 Å². The average Bonchev–Trinajstić information content (AvgIpc) is 2.92. The number of alkyl halides is 2. The first-order valence-corrected chi connectivity index (χ1v) is 15.2. The molecule has 0 rings (SSSR count). The van der Waals surface area contributed by atoms with Crippen LogP contribution in [-0.4, -0.2) is 77.2 Å². The van der Waals surface area contributed by atoms with Crippen molar-refractivity contribution in [3.8, 4) is 0 Å². The number of hydrogen-bond donors (Lipinski definition) is 2. The van der Waals surface area contributed by atoms with E-state index in [2.05, 4.69) is 50.4 Å². The molecule has 0 heterocycles. The minimum atomic E-state index is -2.91. The standard InChI is InChI=1S/C4H6F2.C3H3F3.C3H8O.C3H6O.C3H8.2C2H5Br.C2F4.2C2H6O.C2H4O.2B.2BrH.2Na.2H/c1-3(5)4(2)6;1-2(4)3(5)6;1-3-4-2;1-2-3-4;1-3-2;2*1-2-3;3-1(4)2(5)6;3*1-2-3;;;;;;;;/h1-2H3;1H3;3H2,1-2H3;3H,2H2,1H3;3H2,1-2H3;2*2H2,1H3;;2*3H,2H2,1H3;2H,1H3;;;2*1H;;;;/q;;;;;;;;;;;;;;;2*+1;2*-1/b4-3+;;;;;;;;;;;;;;;;;;. The summed E-state index contributed by atoms with van der Waals surface area (Å²) in [5.74, 6) is -2.89. The molecule has 6 radical (unpaired) electrons. The van der Waals surface area contributed by atoms with Crippen molar-refractivity contribution < 1.29 is 126 Å². The number of aliphatic hydroxyl groups is 2. The summed E-state index contributed by atoms with van der Waals surface area (Å²) in [5.41, 5.74) is 0. The van der Waals surface area contributed by atoms with Gasteiger partial charge in [0.2, 0.25) is 0 Å². The molecule has 0 saturated heterocycles. The summed E-state index contributed by atoms with van der Waals surface area (Å²) >= 11 is 6.29. The summed E-state index contributed by atoms with van der Waals surface area (Å²) in [4.78, 5) is 18.0. The molecule has 0 amide bonds. The third-order valence-electron chi connectivity index (χ3n) is 1.33. The van der Waals surface area contributed by atoms with Gasteiger partial charge < -0.3 is 27.4 Å². The van der Waals surface area contributed by atoms with Crippen LogP contribution in [0.2, 0.25) is 0 Å². The molecule has 0 aliphatic rings. The number of rotatable bonds is 2. The molecule has 0 aromatic carbocycles. The summed E-state index contributed by atoms with van der Waals surface area (Å²) in [6.45, 7) is 21.1. The van der Waals surface area contributed by atoms with Crippen LogP contribution in [0.15, 0.2) is 35.7 Å². The maximum Gasteiger partial charge on any atom is 1.00 e. The number of ether oxygens (including phenoxy) is 1. The van der Waals surface area contributed by atoms with E-state index in [1.807, 2.05) is 27.7 Å². The molecule has 0 aliphatic carbocycles. The topological polar surface area (TPSA) is 83.8 Å². The van der Waals surface area contributed by atoms with Crippen LogP contribution in [0.4, 0.5) is 39.5 Å². The second-order valence-corrected chi connectivity index (χ2v) is 7.89. The van der Waals surface area contributed by atoms with Crippen LogP contribution >= 0.6 is 65.8 Å². The molecule has 2 N–H and O–H groups in total. The Hall–Kier alpha value is 1.86. The molecular formula is C28H61B2Br4F9Na2O5.